The largest absolute Gasteiger partial charge is 0.508 e. The number of hydrogen-bond donors (Lipinski definition) is 3. The molecule has 1 aromatic rings. The van der Waals surface area contributed by atoms with Gasteiger partial charge in [0.15, 0.2) is 0 Å². The van der Waals surface area contributed by atoms with Crippen LogP contribution in [0.1, 0.15) is 71.3 Å². The van der Waals surface area contributed by atoms with Gasteiger partial charge in [-0.2, -0.15) is 12.6 Å². The molecular weight excluding hydrogens is 400 g/mol. The van der Waals surface area contributed by atoms with Crippen LogP contribution < -0.4 is 0 Å². The second kappa shape index (κ2) is 15.8. The van der Waals surface area contributed by atoms with Crippen molar-refractivity contribution >= 4 is 24.6 Å². The Hall–Kier alpha value is -1.95. The SMILES string of the molecule is C=CC(=O)OCCCCCC(C)C.CCCCC(S)(Cc1ccc(O)cc1)C(=O)O. The Labute approximate surface area is 186 Å². The van der Waals surface area contributed by atoms with Crippen molar-refractivity contribution in [2.24, 2.45) is 5.92 Å². The third-order valence-corrected chi connectivity index (χ3v) is 5.18. The van der Waals surface area contributed by atoms with E-state index >= 15 is 0 Å². The van der Waals surface area contributed by atoms with Crippen LogP contribution in [0.15, 0.2) is 36.9 Å². The number of phenols is 1. The highest BCUT2D eigenvalue weighted by Crippen LogP contribution is 2.28. The van der Waals surface area contributed by atoms with Gasteiger partial charge in [-0.25, -0.2) is 4.79 Å². The molecule has 1 unspecified atom stereocenters. The zero-order valence-electron chi connectivity index (χ0n) is 18.6. The lowest BCUT2D eigenvalue weighted by molar-refractivity contribution is -0.140. The molecule has 170 valence electrons. The average molecular weight is 439 g/mol. The lowest BCUT2D eigenvalue weighted by atomic mass is 9.93. The smallest absolute Gasteiger partial charge is 0.330 e. The monoisotopic (exact) mass is 438 g/mol. The van der Waals surface area contributed by atoms with E-state index in [0.717, 1.165) is 37.2 Å². The molecule has 5 nitrogen and oxygen atoms in total. The molecule has 0 radical (unpaired) electrons. The van der Waals surface area contributed by atoms with Gasteiger partial charge in [0.05, 0.1) is 6.61 Å². The Morgan fingerprint density at radius 2 is 1.80 bits per heavy atom. The zero-order chi connectivity index (χ0) is 23.0. The van der Waals surface area contributed by atoms with Crippen molar-refractivity contribution in [1.29, 1.82) is 0 Å². The summed E-state index contributed by atoms with van der Waals surface area (Å²) < 4.78 is 3.82. The van der Waals surface area contributed by atoms with Gasteiger partial charge in [-0.1, -0.05) is 71.6 Å². The lowest BCUT2D eigenvalue weighted by Crippen LogP contribution is -2.35. The average Bonchev–Trinajstić information content (AvgIpc) is 2.70. The third-order valence-electron chi connectivity index (χ3n) is 4.61. The Morgan fingerprint density at radius 1 is 1.17 bits per heavy atom. The molecule has 0 heterocycles. The maximum absolute atomic E-state index is 11.3. The quantitative estimate of drug-likeness (QED) is 0.157. The maximum Gasteiger partial charge on any atom is 0.330 e. The van der Waals surface area contributed by atoms with Crippen LogP contribution >= 0.6 is 12.6 Å². The molecule has 0 bridgehead atoms. The molecule has 0 aliphatic heterocycles. The van der Waals surface area contributed by atoms with E-state index in [1.165, 1.54) is 18.9 Å². The molecule has 6 heteroatoms. The van der Waals surface area contributed by atoms with Gasteiger partial charge >= 0.3 is 11.9 Å². The number of benzene rings is 1. The van der Waals surface area contributed by atoms with Gasteiger partial charge in [-0.05, 0) is 42.9 Å². The fraction of sp³-hybridized carbons (Fsp3) is 0.583. The van der Waals surface area contributed by atoms with Gasteiger partial charge in [0, 0.05) is 6.08 Å². The van der Waals surface area contributed by atoms with E-state index in [0.29, 0.717) is 19.4 Å². The first-order chi connectivity index (χ1) is 14.1. The predicted octanol–water partition coefficient (Wildman–Crippen LogP) is 5.81. The third kappa shape index (κ3) is 13.3. The number of phenolic OH excluding ortho intramolecular Hbond substituents is 1. The highest BCUT2D eigenvalue weighted by Gasteiger charge is 2.33. The summed E-state index contributed by atoms with van der Waals surface area (Å²) in [6.45, 7) is 10.3. The van der Waals surface area contributed by atoms with E-state index in [4.69, 9.17) is 4.74 Å². The first-order valence-corrected chi connectivity index (χ1v) is 11.1. The molecule has 0 saturated heterocycles. The van der Waals surface area contributed by atoms with Crippen molar-refractivity contribution in [3.63, 3.8) is 0 Å². The summed E-state index contributed by atoms with van der Waals surface area (Å²) in [5.41, 5.74) is 0.872. The second-order valence-electron chi connectivity index (χ2n) is 7.90. The number of unbranched alkanes of at least 4 members (excludes halogenated alkanes) is 3. The topological polar surface area (TPSA) is 83.8 Å². The number of aromatic hydroxyl groups is 1. The molecule has 0 aliphatic rings. The summed E-state index contributed by atoms with van der Waals surface area (Å²) in [5, 5.41) is 18.4. The molecule has 2 N–H and O–H groups in total. The Balaban J connectivity index is 0.000000584. The van der Waals surface area contributed by atoms with Gasteiger partial charge in [-0.3, -0.25) is 4.79 Å². The number of carboxylic acids is 1. The Morgan fingerprint density at radius 3 is 2.30 bits per heavy atom. The van der Waals surface area contributed by atoms with Crippen LogP contribution in [0, 0.1) is 5.92 Å². The summed E-state index contributed by atoms with van der Waals surface area (Å²) in [7, 11) is 0. The Kier molecular flexibility index (Phi) is 14.8. The minimum Gasteiger partial charge on any atom is -0.508 e. The fourth-order valence-electron chi connectivity index (χ4n) is 2.75. The number of esters is 1. The summed E-state index contributed by atoms with van der Waals surface area (Å²) in [5.74, 6) is -0.246. The summed E-state index contributed by atoms with van der Waals surface area (Å²) in [4.78, 5) is 21.9. The standard InChI is InChI=1S/C13H18O3S.C11H20O2/c1-2-3-8-13(17,12(15)16)9-10-4-6-11(14)7-5-10;1-4-11(12)13-9-7-5-6-8-10(2)3/h4-7,14,17H,2-3,8-9H2,1H3,(H,15,16);4,10H,1,5-9H2,2-3H3. The molecular formula is C24H38O5S. The molecule has 0 spiro atoms. The van der Waals surface area contributed by atoms with Crippen molar-refractivity contribution in [2.45, 2.75) is 76.9 Å². The van der Waals surface area contributed by atoms with E-state index in [9.17, 15) is 19.8 Å². The summed E-state index contributed by atoms with van der Waals surface area (Å²) in [6.07, 6.45) is 8.50. The number of carbonyl (C=O) groups excluding carboxylic acids is 1. The molecule has 1 aromatic carbocycles. The van der Waals surface area contributed by atoms with Gasteiger partial charge in [-0.15, -0.1) is 0 Å². The molecule has 30 heavy (non-hydrogen) atoms. The normalized spacial score (nSPS) is 12.4. The van der Waals surface area contributed by atoms with Crippen LogP contribution in [-0.2, 0) is 20.7 Å². The van der Waals surface area contributed by atoms with Gasteiger partial charge in [0.2, 0.25) is 0 Å². The summed E-state index contributed by atoms with van der Waals surface area (Å²) >= 11 is 4.32. The number of hydrogen-bond acceptors (Lipinski definition) is 5. The zero-order valence-corrected chi connectivity index (χ0v) is 19.5. The van der Waals surface area contributed by atoms with Gasteiger partial charge < -0.3 is 14.9 Å². The minimum atomic E-state index is -1.02. The molecule has 0 fully saturated rings. The van der Waals surface area contributed by atoms with Crippen molar-refractivity contribution < 1.29 is 24.5 Å². The molecule has 0 saturated carbocycles. The molecule has 0 aromatic heterocycles. The number of ether oxygens (including phenoxy) is 1. The van der Waals surface area contributed by atoms with Crippen molar-refractivity contribution in [1.82, 2.24) is 0 Å². The molecule has 0 aliphatic carbocycles. The van der Waals surface area contributed by atoms with E-state index in [1.807, 2.05) is 6.92 Å². The van der Waals surface area contributed by atoms with Crippen molar-refractivity contribution in [3.8, 4) is 5.75 Å². The Bertz CT molecular complexity index is 627. The van der Waals surface area contributed by atoms with Crippen LogP contribution in [-0.4, -0.2) is 33.5 Å². The highest BCUT2D eigenvalue weighted by molar-refractivity contribution is 7.82. The lowest BCUT2D eigenvalue weighted by Gasteiger charge is -2.23. The first kappa shape index (κ1) is 28.1. The first-order valence-electron chi connectivity index (χ1n) is 10.7. The van der Waals surface area contributed by atoms with Gasteiger partial charge in [0.1, 0.15) is 10.5 Å². The number of rotatable bonds is 13. The van der Waals surface area contributed by atoms with E-state index < -0.39 is 10.7 Å². The predicted molar refractivity (Wildman–Crippen MR) is 125 cm³/mol. The van der Waals surface area contributed by atoms with Crippen LogP contribution in [0.2, 0.25) is 0 Å². The van der Waals surface area contributed by atoms with Crippen LogP contribution in [0.5, 0.6) is 5.75 Å². The van der Waals surface area contributed by atoms with Crippen molar-refractivity contribution in [3.05, 3.63) is 42.5 Å². The number of aliphatic carboxylic acids is 1. The number of carbonyl (C=O) groups is 2. The fourth-order valence-corrected chi connectivity index (χ4v) is 3.10. The van der Waals surface area contributed by atoms with E-state index in [2.05, 4.69) is 33.1 Å². The molecule has 1 atom stereocenters. The van der Waals surface area contributed by atoms with Gasteiger partial charge in [0.25, 0.3) is 0 Å². The van der Waals surface area contributed by atoms with Crippen LogP contribution in [0.3, 0.4) is 0 Å². The second-order valence-corrected chi connectivity index (χ2v) is 8.75. The maximum atomic E-state index is 11.3. The summed E-state index contributed by atoms with van der Waals surface area (Å²) in [6, 6.07) is 6.58. The number of carboxylic acid groups (broad SMARTS) is 1. The van der Waals surface area contributed by atoms with E-state index in [1.54, 1.807) is 24.3 Å². The minimum absolute atomic E-state index is 0.183. The number of thiol groups is 1. The van der Waals surface area contributed by atoms with E-state index in [-0.39, 0.29) is 11.7 Å². The highest BCUT2D eigenvalue weighted by atomic mass is 32.1. The van der Waals surface area contributed by atoms with Crippen LogP contribution in [0.25, 0.3) is 0 Å². The van der Waals surface area contributed by atoms with Crippen LogP contribution in [0.4, 0.5) is 0 Å². The molecule has 1 rings (SSSR count). The molecule has 0 amide bonds. The van der Waals surface area contributed by atoms with Crippen molar-refractivity contribution in [2.75, 3.05) is 6.61 Å².